The minimum Gasteiger partial charge on any atom is -0.356 e. The number of hydrogen-bond donors (Lipinski definition) is 2. The van der Waals surface area contributed by atoms with Gasteiger partial charge in [0, 0.05) is 26.7 Å². The highest BCUT2D eigenvalue weighted by molar-refractivity contribution is 14.0. The lowest BCUT2D eigenvalue weighted by atomic mass is 9.86. The number of nitrogens with one attached hydrogen (secondary N) is 2. The van der Waals surface area contributed by atoms with Gasteiger partial charge in [0.15, 0.2) is 5.96 Å². The number of nitrogens with zero attached hydrogens (tertiary/aromatic N) is 2. The van der Waals surface area contributed by atoms with Crippen LogP contribution in [0.5, 0.6) is 0 Å². The van der Waals surface area contributed by atoms with Crippen LogP contribution in [0.4, 0.5) is 0 Å². The Hall–Kier alpha value is -1.31. The van der Waals surface area contributed by atoms with Crippen LogP contribution >= 0.6 is 24.0 Å². The van der Waals surface area contributed by atoms with Crippen molar-refractivity contribution in [3.63, 3.8) is 0 Å². The average Bonchev–Trinajstić information content (AvgIpc) is 2.64. The van der Waals surface area contributed by atoms with Crippen molar-refractivity contribution in [2.45, 2.75) is 51.9 Å². The van der Waals surface area contributed by atoms with E-state index in [-0.39, 0.29) is 35.3 Å². The fourth-order valence-electron chi connectivity index (χ4n) is 3.13. The summed E-state index contributed by atoms with van der Waals surface area (Å²) in [5.74, 6) is 0.840. The quantitative estimate of drug-likeness (QED) is 0.382. The van der Waals surface area contributed by atoms with Crippen LogP contribution in [0.1, 0.15) is 51.2 Å². The molecule has 0 aliphatic carbocycles. The highest BCUT2D eigenvalue weighted by Gasteiger charge is 2.16. The molecule has 2 rings (SSSR count). The number of halogens is 1. The first-order chi connectivity index (χ1) is 12.4. The SMILES string of the molecule is CN=C(NCCc1ccc(C(C)(C)C)cc1)NCC(=O)N1CCCCC1.I. The summed E-state index contributed by atoms with van der Waals surface area (Å²) >= 11 is 0. The summed E-state index contributed by atoms with van der Waals surface area (Å²) in [4.78, 5) is 18.4. The molecule has 1 aromatic rings. The first-order valence-electron chi connectivity index (χ1n) is 9.72. The zero-order valence-corrected chi connectivity index (χ0v) is 19.5. The summed E-state index contributed by atoms with van der Waals surface area (Å²) < 4.78 is 0. The van der Waals surface area contributed by atoms with Crippen LogP contribution in [0.25, 0.3) is 0 Å². The zero-order valence-electron chi connectivity index (χ0n) is 17.2. The maximum atomic E-state index is 12.2. The van der Waals surface area contributed by atoms with E-state index < -0.39 is 0 Å². The number of carbonyl (C=O) groups excluding carboxylic acids is 1. The van der Waals surface area contributed by atoms with Crippen molar-refractivity contribution < 1.29 is 4.79 Å². The number of benzene rings is 1. The molecule has 1 aliphatic heterocycles. The van der Waals surface area contributed by atoms with Crippen LogP contribution in [0, 0.1) is 0 Å². The zero-order chi connectivity index (χ0) is 19.0. The smallest absolute Gasteiger partial charge is 0.241 e. The number of amides is 1. The first-order valence-corrected chi connectivity index (χ1v) is 9.72. The molecule has 1 amide bonds. The number of likely N-dealkylation sites (tertiary alicyclic amines) is 1. The van der Waals surface area contributed by atoms with Crippen LogP contribution < -0.4 is 10.6 Å². The Morgan fingerprint density at radius 1 is 1.07 bits per heavy atom. The molecule has 152 valence electrons. The summed E-state index contributed by atoms with van der Waals surface area (Å²) in [6.07, 6.45) is 4.39. The van der Waals surface area contributed by atoms with Gasteiger partial charge in [-0.05, 0) is 42.2 Å². The normalized spacial score (nSPS) is 15.1. The van der Waals surface area contributed by atoms with Crippen molar-refractivity contribution in [2.75, 3.05) is 33.2 Å². The van der Waals surface area contributed by atoms with Crippen LogP contribution in [-0.2, 0) is 16.6 Å². The second-order valence-electron chi connectivity index (χ2n) is 7.99. The van der Waals surface area contributed by atoms with E-state index in [2.05, 4.69) is 60.7 Å². The summed E-state index contributed by atoms with van der Waals surface area (Å²) in [5.41, 5.74) is 2.83. The molecule has 0 spiro atoms. The predicted molar refractivity (Wildman–Crippen MR) is 124 cm³/mol. The number of guanidine groups is 1. The second kappa shape index (κ2) is 11.5. The Balaban J connectivity index is 0.00000364. The highest BCUT2D eigenvalue weighted by atomic mass is 127. The molecule has 0 unspecified atom stereocenters. The van der Waals surface area contributed by atoms with Gasteiger partial charge in [-0.25, -0.2) is 0 Å². The fourth-order valence-corrected chi connectivity index (χ4v) is 3.13. The van der Waals surface area contributed by atoms with Crippen molar-refractivity contribution in [2.24, 2.45) is 4.99 Å². The van der Waals surface area contributed by atoms with Gasteiger partial charge < -0.3 is 15.5 Å². The fraction of sp³-hybridized carbons (Fsp3) is 0.619. The number of aliphatic imine (C=N–C) groups is 1. The van der Waals surface area contributed by atoms with E-state index in [0.29, 0.717) is 12.5 Å². The van der Waals surface area contributed by atoms with Gasteiger partial charge in [-0.2, -0.15) is 0 Å². The largest absolute Gasteiger partial charge is 0.356 e. The number of hydrogen-bond acceptors (Lipinski definition) is 2. The van der Waals surface area contributed by atoms with Gasteiger partial charge in [-0.1, -0.05) is 45.0 Å². The van der Waals surface area contributed by atoms with Gasteiger partial charge in [0.05, 0.1) is 6.54 Å². The van der Waals surface area contributed by atoms with Crippen LogP contribution in [0.3, 0.4) is 0 Å². The van der Waals surface area contributed by atoms with Crippen molar-refractivity contribution in [1.29, 1.82) is 0 Å². The maximum Gasteiger partial charge on any atom is 0.241 e. The van der Waals surface area contributed by atoms with Gasteiger partial charge >= 0.3 is 0 Å². The van der Waals surface area contributed by atoms with Gasteiger partial charge in [-0.3, -0.25) is 9.79 Å². The summed E-state index contributed by atoms with van der Waals surface area (Å²) in [6.45, 7) is 9.54. The van der Waals surface area contributed by atoms with Gasteiger partial charge in [0.25, 0.3) is 0 Å². The van der Waals surface area contributed by atoms with E-state index in [1.54, 1.807) is 7.05 Å². The molecule has 6 heteroatoms. The van der Waals surface area contributed by atoms with E-state index in [1.807, 2.05) is 4.90 Å². The van der Waals surface area contributed by atoms with Crippen molar-refractivity contribution >= 4 is 35.8 Å². The molecule has 1 saturated heterocycles. The molecular formula is C21H35IN4O. The van der Waals surface area contributed by atoms with Gasteiger partial charge in [-0.15, -0.1) is 24.0 Å². The third-order valence-electron chi connectivity index (χ3n) is 4.87. The molecule has 0 radical (unpaired) electrons. The molecule has 0 saturated carbocycles. The minimum atomic E-state index is 0. The van der Waals surface area contributed by atoms with E-state index in [4.69, 9.17) is 0 Å². The summed E-state index contributed by atoms with van der Waals surface area (Å²) in [5, 5.41) is 6.42. The van der Waals surface area contributed by atoms with E-state index in [1.165, 1.54) is 17.5 Å². The number of carbonyl (C=O) groups is 1. The van der Waals surface area contributed by atoms with Crippen LogP contribution in [0.15, 0.2) is 29.3 Å². The second-order valence-corrected chi connectivity index (χ2v) is 7.99. The molecule has 1 fully saturated rings. The van der Waals surface area contributed by atoms with Crippen molar-refractivity contribution in [3.05, 3.63) is 35.4 Å². The van der Waals surface area contributed by atoms with E-state index in [0.717, 1.165) is 38.9 Å². The molecular weight excluding hydrogens is 451 g/mol. The molecule has 0 aromatic heterocycles. The molecule has 0 atom stereocenters. The van der Waals surface area contributed by atoms with Gasteiger partial charge in [0.2, 0.25) is 5.91 Å². The van der Waals surface area contributed by atoms with E-state index in [9.17, 15) is 4.79 Å². The predicted octanol–water partition coefficient (Wildman–Crippen LogP) is 3.32. The third-order valence-corrected chi connectivity index (χ3v) is 4.87. The highest BCUT2D eigenvalue weighted by Crippen LogP contribution is 2.22. The molecule has 27 heavy (non-hydrogen) atoms. The van der Waals surface area contributed by atoms with Crippen molar-refractivity contribution in [1.82, 2.24) is 15.5 Å². The monoisotopic (exact) mass is 486 g/mol. The Morgan fingerprint density at radius 2 is 1.70 bits per heavy atom. The molecule has 1 aromatic carbocycles. The van der Waals surface area contributed by atoms with Crippen LogP contribution in [0.2, 0.25) is 0 Å². The Kier molecular flexibility index (Phi) is 10.1. The first kappa shape index (κ1) is 23.7. The topological polar surface area (TPSA) is 56.7 Å². The number of piperidine rings is 1. The minimum absolute atomic E-state index is 0. The summed E-state index contributed by atoms with van der Waals surface area (Å²) in [6, 6.07) is 8.80. The van der Waals surface area contributed by atoms with Gasteiger partial charge in [0.1, 0.15) is 0 Å². The summed E-state index contributed by atoms with van der Waals surface area (Å²) in [7, 11) is 1.73. The lowest BCUT2D eigenvalue weighted by Crippen LogP contribution is -2.46. The average molecular weight is 486 g/mol. The van der Waals surface area contributed by atoms with E-state index >= 15 is 0 Å². The molecule has 1 aliphatic rings. The molecule has 2 N–H and O–H groups in total. The maximum absolute atomic E-state index is 12.2. The lowest BCUT2D eigenvalue weighted by molar-refractivity contribution is -0.130. The van der Waals surface area contributed by atoms with Crippen LogP contribution in [-0.4, -0.2) is 50.0 Å². The third kappa shape index (κ3) is 8.07. The molecule has 0 bridgehead atoms. The Labute approximate surface area is 181 Å². The Morgan fingerprint density at radius 3 is 2.26 bits per heavy atom. The standard InChI is InChI=1S/C21H34N4O.HI/c1-21(2,3)18-10-8-17(9-11-18)12-13-23-20(22-4)24-16-19(26)25-14-6-5-7-15-25;/h8-11H,5-7,12-16H2,1-4H3,(H2,22,23,24);1H. The lowest BCUT2D eigenvalue weighted by Gasteiger charge is -2.27. The number of rotatable bonds is 5. The van der Waals surface area contributed by atoms with Crippen molar-refractivity contribution in [3.8, 4) is 0 Å². The Bertz CT molecular complexity index is 602. The molecule has 1 heterocycles. The molecule has 5 nitrogen and oxygen atoms in total.